The van der Waals surface area contributed by atoms with Crippen LogP contribution >= 0.6 is 0 Å². The van der Waals surface area contributed by atoms with Crippen molar-refractivity contribution in [2.24, 2.45) is 0 Å². The minimum absolute atomic E-state index is 0.410. The van der Waals surface area contributed by atoms with E-state index in [9.17, 15) is 0 Å². The minimum Gasteiger partial charge on any atom is -0.311 e. The molecule has 1 aromatic rings. The lowest BCUT2D eigenvalue weighted by molar-refractivity contribution is 0.00883. The second-order valence-electron chi connectivity index (χ2n) is 7.30. The lowest BCUT2D eigenvalue weighted by Gasteiger charge is -2.50. The van der Waals surface area contributed by atoms with Gasteiger partial charge in [0.15, 0.2) is 0 Å². The zero-order valence-electron chi connectivity index (χ0n) is 14.8. The monoisotopic (exact) mass is 315 g/mol. The lowest BCUT2D eigenvalue weighted by atomic mass is 9.79. The number of nitrogens with one attached hydrogen (secondary N) is 1. The number of piperazine rings is 1. The van der Waals surface area contributed by atoms with Crippen molar-refractivity contribution in [2.75, 3.05) is 39.3 Å². The zero-order valence-corrected chi connectivity index (χ0v) is 14.8. The normalized spacial score (nSPS) is 23.0. The molecule has 2 aliphatic rings. The summed E-state index contributed by atoms with van der Waals surface area (Å²) in [7, 11) is 0. The summed E-state index contributed by atoms with van der Waals surface area (Å²) in [4.78, 5) is 5.40. The largest absolute Gasteiger partial charge is 0.311 e. The van der Waals surface area contributed by atoms with Crippen molar-refractivity contribution < 1.29 is 0 Å². The Morgan fingerprint density at radius 1 is 0.957 bits per heavy atom. The molecule has 0 radical (unpaired) electrons. The fraction of sp³-hybridized carbons (Fsp3) is 0.700. The van der Waals surface area contributed by atoms with Gasteiger partial charge >= 0.3 is 0 Å². The first-order valence-corrected chi connectivity index (χ1v) is 9.54. The first-order chi connectivity index (χ1) is 11.3. The third kappa shape index (κ3) is 4.34. The summed E-state index contributed by atoms with van der Waals surface area (Å²) in [5.41, 5.74) is 1.81. The van der Waals surface area contributed by atoms with Gasteiger partial charge in [0.1, 0.15) is 0 Å². The van der Waals surface area contributed by atoms with Crippen LogP contribution in [0.4, 0.5) is 0 Å². The first-order valence-electron chi connectivity index (χ1n) is 9.54. The smallest absolute Gasteiger partial charge is 0.0335 e. The van der Waals surface area contributed by atoms with Crippen molar-refractivity contribution in [3.05, 3.63) is 35.9 Å². The van der Waals surface area contributed by atoms with Crippen LogP contribution < -0.4 is 5.32 Å². The predicted octanol–water partition coefficient (Wildman–Crippen LogP) is 3.12. The van der Waals surface area contributed by atoms with Gasteiger partial charge in [-0.25, -0.2) is 0 Å². The highest BCUT2D eigenvalue weighted by atomic mass is 15.3. The van der Waals surface area contributed by atoms with Gasteiger partial charge in [-0.3, -0.25) is 4.90 Å². The van der Waals surface area contributed by atoms with E-state index in [0.29, 0.717) is 5.54 Å². The maximum atomic E-state index is 3.78. The molecule has 0 amide bonds. The van der Waals surface area contributed by atoms with E-state index < -0.39 is 0 Å². The van der Waals surface area contributed by atoms with E-state index in [4.69, 9.17) is 0 Å². The molecule has 0 bridgehead atoms. The van der Waals surface area contributed by atoms with Crippen LogP contribution in [0, 0.1) is 0 Å². The van der Waals surface area contributed by atoms with Crippen LogP contribution in [0.25, 0.3) is 0 Å². The second-order valence-corrected chi connectivity index (χ2v) is 7.30. The SMILES string of the molecule is CCN1CCN(C2(CNCc3ccccc3)CCCCC2)CC1. The molecule has 0 unspecified atom stereocenters. The molecule has 3 rings (SSSR count). The Balaban J connectivity index is 1.58. The molecule has 128 valence electrons. The van der Waals surface area contributed by atoms with Crippen molar-refractivity contribution in [2.45, 2.75) is 51.1 Å². The van der Waals surface area contributed by atoms with E-state index in [1.165, 1.54) is 70.4 Å². The van der Waals surface area contributed by atoms with E-state index in [1.54, 1.807) is 0 Å². The van der Waals surface area contributed by atoms with Gasteiger partial charge in [-0.1, -0.05) is 56.5 Å². The fourth-order valence-electron chi connectivity index (χ4n) is 4.39. The molecule has 1 aliphatic carbocycles. The third-order valence-electron chi connectivity index (χ3n) is 5.90. The van der Waals surface area contributed by atoms with Crippen LogP contribution in [0.15, 0.2) is 30.3 Å². The quantitative estimate of drug-likeness (QED) is 0.870. The van der Waals surface area contributed by atoms with Gasteiger partial charge in [0.2, 0.25) is 0 Å². The molecule has 1 aliphatic heterocycles. The molecule has 0 aromatic heterocycles. The van der Waals surface area contributed by atoms with Crippen LogP contribution in [-0.4, -0.2) is 54.6 Å². The third-order valence-corrected chi connectivity index (χ3v) is 5.90. The van der Waals surface area contributed by atoms with Gasteiger partial charge in [-0.05, 0) is 24.9 Å². The Hall–Kier alpha value is -0.900. The molecule has 0 spiro atoms. The van der Waals surface area contributed by atoms with Gasteiger partial charge in [-0.15, -0.1) is 0 Å². The number of nitrogens with zero attached hydrogens (tertiary/aromatic N) is 2. The Labute approximate surface area is 142 Å². The number of likely N-dealkylation sites (N-methyl/N-ethyl adjacent to an activating group) is 1. The number of benzene rings is 1. The molecule has 1 heterocycles. The minimum atomic E-state index is 0.410. The Morgan fingerprint density at radius 3 is 2.30 bits per heavy atom. The van der Waals surface area contributed by atoms with Crippen LogP contribution in [0.2, 0.25) is 0 Å². The van der Waals surface area contributed by atoms with E-state index in [-0.39, 0.29) is 0 Å². The van der Waals surface area contributed by atoms with Crippen LogP contribution in [0.3, 0.4) is 0 Å². The van der Waals surface area contributed by atoms with Gasteiger partial charge in [-0.2, -0.15) is 0 Å². The predicted molar refractivity (Wildman–Crippen MR) is 97.7 cm³/mol. The molecular weight excluding hydrogens is 282 g/mol. The van der Waals surface area contributed by atoms with Gasteiger partial charge in [0.25, 0.3) is 0 Å². The lowest BCUT2D eigenvalue weighted by Crippen LogP contribution is -2.61. The average molecular weight is 316 g/mol. The maximum absolute atomic E-state index is 3.78. The van der Waals surface area contributed by atoms with Crippen LogP contribution in [0.1, 0.15) is 44.6 Å². The molecule has 23 heavy (non-hydrogen) atoms. The van der Waals surface area contributed by atoms with E-state index in [2.05, 4.69) is 52.4 Å². The molecular formula is C20H33N3. The molecule has 1 N–H and O–H groups in total. The standard InChI is InChI=1S/C20H33N3/c1-2-22-13-15-23(16-14-22)20(11-7-4-8-12-20)18-21-17-19-9-5-3-6-10-19/h3,5-6,9-10,21H,2,4,7-8,11-18H2,1H3. The van der Waals surface area contributed by atoms with Crippen molar-refractivity contribution in [3.8, 4) is 0 Å². The molecule has 3 heteroatoms. The number of hydrogen-bond donors (Lipinski definition) is 1. The molecule has 1 saturated heterocycles. The summed E-state index contributed by atoms with van der Waals surface area (Å²) >= 11 is 0. The van der Waals surface area contributed by atoms with E-state index in [0.717, 1.165) is 13.1 Å². The Bertz CT molecular complexity index is 445. The number of hydrogen-bond acceptors (Lipinski definition) is 3. The Kier molecular flexibility index (Phi) is 6.09. The molecule has 1 aromatic carbocycles. The molecule has 1 saturated carbocycles. The summed E-state index contributed by atoms with van der Waals surface area (Å²) in [6.07, 6.45) is 6.99. The summed E-state index contributed by atoms with van der Waals surface area (Å²) in [5.74, 6) is 0. The first kappa shape index (κ1) is 16.9. The van der Waals surface area contributed by atoms with Crippen molar-refractivity contribution in [1.29, 1.82) is 0 Å². The van der Waals surface area contributed by atoms with Crippen molar-refractivity contribution in [1.82, 2.24) is 15.1 Å². The second kappa shape index (κ2) is 8.27. The van der Waals surface area contributed by atoms with Gasteiger partial charge < -0.3 is 10.2 Å². The van der Waals surface area contributed by atoms with Crippen LogP contribution in [-0.2, 0) is 6.54 Å². The van der Waals surface area contributed by atoms with Gasteiger partial charge in [0, 0.05) is 44.8 Å². The fourth-order valence-corrected chi connectivity index (χ4v) is 4.39. The van der Waals surface area contributed by atoms with Gasteiger partial charge in [0.05, 0.1) is 0 Å². The van der Waals surface area contributed by atoms with E-state index >= 15 is 0 Å². The topological polar surface area (TPSA) is 18.5 Å². The molecule has 0 atom stereocenters. The molecule has 3 nitrogen and oxygen atoms in total. The van der Waals surface area contributed by atoms with Crippen molar-refractivity contribution in [3.63, 3.8) is 0 Å². The highest BCUT2D eigenvalue weighted by molar-refractivity contribution is 5.14. The van der Waals surface area contributed by atoms with Crippen LogP contribution in [0.5, 0.6) is 0 Å². The van der Waals surface area contributed by atoms with E-state index in [1.807, 2.05) is 0 Å². The highest BCUT2D eigenvalue weighted by Crippen LogP contribution is 2.34. The summed E-state index contributed by atoms with van der Waals surface area (Å²) < 4.78 is 0. The highest BCUT2D eigenvalue weighted by Gasteiger charge is 2.38. The summed E-state index contributed by atoms with van der Waals surface area (Å²) in [6, 6.07) is 10.8. The number of rotatable bonds is 6. The maximum Gasteiger partial charge on any atom is 0.0335 e. The van der Waals surface area contributed by atoms with Crippen molar-refractivity contribution >= 4 is 0 Å². The summed E-state index contributed by atoms with van der Waals surface area (Å²) in [5, 5.41) is 3.78. The zero-order chi connectivity index (χ0) is 16.0. The average Bonchev–Trinajstić information content (AvgIpc) is 2.63. The summed E-state index contributed by atoms with van der Waals surface area (Å²) in [6.45, 7) is 10.6. The molecule has 2 fully saturated rings. The Morgan fingerprint density at radius 2 is 1.65 bits per heavy atom.